The Morgan fingerprint density at radius 1 is 0.716 bits per heavy atom. The van der Waals surface area contributed by atoms with Crippen LogP contribution < -0.4 is 10.6 Å². The third-order valence-electron chi connectivity index (χ3n) is 9.47. The predicted molar refractivity (Wildman–Crippen MR) is 265 cm³/mol. The number of esters is 1. The van der Waals surface area contributed by atoms with Gasteiger partial charge in [-0.15, -0.1) is 0 Å². The van der Waals surface area contributed by atoms with Crippen LogP contribution in [0.4, 0.5) is 0 Å². The Kier molecular flexibility index (Phi) is 26.1. The molecule has 67 heavy (non-hydrogen) atoms. The Hall–Kier alpha value is -4.54. The standard InChI is InChI=1S/C28H34N2O6S2.C19H28N2O6S2/c1-19(32)29-25(28(34)30(2)3)18-37-38-26-9-8-20(15-31)12-24(26)10-11-35-17-27(33)36-16-21-13-22-6-4-5-7-23(22)14-21;1-13(22)20-16(19(25)21(2)3)12-28-29-17-6-5-14(10-26-4)9-15(17)7-8-27-11-18(23)24/h4-9,12-13,25,31H,10-11,14-18H2,1-3H3,(H,29,32);5-6,9,16H,7-8,10-12H2,1-4H3,(H,20,22)(H,23,24). The lowest BCUT2D eigenvalue weighted by molar-refractivity contribution is -0.148. The summed E-state index contributed by atoms with van der Waals surface area (Å²) in [4.78, 5) is 75.2. The van der Waals surface area contributed by atoms with Crippen molar-refractivity contribution in [2.24, 2.45) is 0 Å². The molecule has 20 heteroatoms. The highest BCUT2D eigenvalue weighted by Gasteiger charge is 2.23. The number of likely N-dealkylation sites (N-methyl/N-ethyl adjacent to an activating group) is 2. The molecule has 0 saturated carbocycles. The minimum Gasteiger partial charge on any atom is -0.480 e. The van der Waals surface area contributed by atoms with Gasteiger partial charge < -0.3 is 49.6 Å². The summed E-state index contributed by atoms with van der Waals surface area (Å²) in [5.74, 6) is -1.45. The van der Waals surface area contributed by atoms with Crippen LogP contribution in [0.2, 0.25) is 0 Å². The van der Waals surface area contributed by atoms with E-state index in [9.17, 15) is 33.9 Å². The zero-order valence-corrected chi connectivity index (χ0v) is 42.3. The first-order chi connectivity index (χ1) is 32.0. The van der Waals surface area contributed by atoms with E-state index in [0.717, 1.165) is 44.0 Å². The number of aliphatic hydroxyl groups is 1. The molecule has 4 rings (SSSR count). The molecule has 0 fully saturated rings. The van der Waals surface area contributed by atoms with Gasteiger partial charge in [-0.25, -0.2) is 9.59 Å². The Bertz CT molecular complexity index is 2160. The molecule has 0 saturated heterocycles. The Balaban J connectivity index is 0.000000370. The third-order valence-corrected chi connectivity index (χ3v) is 14.4. The van der Waals surface area contributed by atoms with Gasteiger partial charge in [-0.1, -0.05) is 97.8 Å². The van der Waals surface area contributed by atoms with Gasteiger partial charge in [-0.05, 0) is 70.3 Å². The summed E-state index contributed by atoms with van der Waals surface area (Å²) in [5, 5.41) is 23.6. The van der Waals surface area contributed by atoms with Gasteiger partial charge in [0.1, 0.15) is 31.9 Å². The number of benzene rings is 3. The number of carbonyl (C=O) groups is 6. The fourth-order valence-corrected chi connectivity index (χ4v) is 11.2. The lowest BCUT2D eigenvalue weighted by Crippen LogP contribution is -2.47. The number of nitrogens with zero attached hydrogens (tertiary/aromatic N) is 2. The first-order valence-corrected chi connectivity index (χ1v) is 25.8. The number of ether oxygens (including phenoxy) is 4. The van der Waals surface area contributed by atoms with Gasteiger partial charge in [0.2, 0.25) is 23.6 Å². The lowest BCUT2D eigenvalue weighted by Gasteiger charge is -2.20. The quantitative estimate of drug-likeness (QED) is 0.0447. The molecule has 4 amide bonds. The largest absolute Gasteiger partial charge is 0.480 e. The average Bonchev–Trinajstić information content (AvgIpc) is 3.71. The minimum atomic E-state index is -1.00. The summed E-state index contributed by atoms with van der Waals surface area (Å²) in [6.07, 6.45) is 3.94. The van der Waals surface area contributed by atoms with Crippen LogP contribution in [0.3, 0.4) is 0 Å². The van der Waals surface area contributed by atoms with Crippen molar-refractivity contribution < 1.29 is 57.9 Å². The van der Waals surface area contributed by atoms with Crippen molar-refractivity contribution in [3.63, 3.8) is 0 Å². The molecule has 2 atom stereocenters. The van der Waals surface area contributed by atoms with Gasteiger partial charge in [0.05, 0.1) is 26.4 Å². The summed E-state index contributed by atoms with van der Waals surface area (Å²) < 4.78 is 21.3. The Morgan fingerprint density at radius 2 is 1.24 bits per heavy atom. The van der Waals surface area contributed by atoms with Crippen LogP contribution in [0, 0.1) is 0 Å². The van der Waals surface area contributed by atoms with E-state index in [-0.39, 0.29) is 56.7 Å². The van der Waals surface area contributed by atoms with Crippen LogP contribution in [0.25, 0.3) is 6.08 Å². The molecule has 0 aromatic heterocycles. The first-order valence-electron chi connectivity index (χ1n) is 21.2. The van der Waals surface area contributed by atoms with Crippen molar-refractivity contribution in [1.29, 1.82) is 0 Å². The molecular formula is C47H62N4O12S4. The number of aliphatic hydroxyl groups excluding tert-OH is 1. The van der Waals surface area contributed by atoms with Gasteiger partial charge in [-0.3, -0.25) is 19.2 Å². The highest BCUT2D eigenvalue weighted by atomic mass is 33.1. The number of carboxylic acid groups (broad SMARTS) is 1. The smallest absolute Gasteiger partial charge is 0.332 e. The van der Waals surface area contributed by atoms with Crippen LogP contribution in [0.15, 0.2) is 76.0 Å². The number of aliphatic carboxylic acids is 1. The van der Waals surface area contributed by atoms with E-state index in [1.54, 1.807) is 35.3 Å². The molecule has 1 aliphatic rings. The first kappa shape index (κ1) is 56.8. The molecule has 2 unspecified atom stereocenters. The second-order valence-electron chi connectivity index (χ2n) is 15.5. The second-order valence-corrected chi connectivity index (χ2v) is 20.3. The summed E-state index contributed by atoms with van der Waals surface area (Å²) in [6.45, 7) is 3.55. The molecule has 4 N–H and O–H groups in total. The molecule has 0 heterocycles. The van der Waals surface area contributed by atoms with E-state index in [1.165, 1.54) is 77.9 Å². The van der Waals surface area contributed by atoms with Crippen LogP contribution in [0.5, 0.6) is 0 Å². The number of nitrogens with one attached hydrogen (secondary N) is 2. The van der Waals surface area contributed by atoms with E-state index in [2.05, 4.69) is 28.8 Å². The van der Waals surface area contributed by atoms with Crippen molar-refractivity contribution in [3.05, 3.63) is 99.6 Å². The number of rotatable bonds is 27. The number of amides is 4. The van der Waals surface area contributed by atoms with Crippen LogP contribution in [0.1, 0.15) is 47.2 Å². The SMILES string of the molecule is CC(=O)NC(CSSc1ccc(CO)cc1CCOCC(=O)OCC1=Cc2ccccc2C1)C(=O)N(C)C.COCc1ccc(SSCC(NC(C)=O)C(=O)N(C)C)c(CCOCC(=O)O)c1. The van der Waals surface area contributed by atoms with Crippen molar-refractivity contribution in [3.8, 4) is 0 Å². The van der Waals surface area contributed by atoms with Crippen LogP contribution in [-0.2, 0) is 80.2 Å². The van der Waals surface area contributed by atoms with Gasteiger partial charge in [0.15, 0.2) is 0 Å². The molecule has 3 aromatic rings. The summed E-state index contributed by atoms with van der Waals surface area (Å²) >= 11 is 0. The normalized spacial score (nSPS) is 12.4. The number of fused-ring (bicyclic) bond motifs is 1. The van der Waals surface area contributed by atoms with Gasteiger partial charge in [0.25, 0.3) is 0 Å². The average molecular weight is 1000 g/mol. The molecule has 0 radical (unpaired) electrons. The predicted octanol–water partition coefficient (Wildman–Crippen LogP) is 5.06. The second kappa shape index (κ2) is 30.8. The van der Waals surface area contributed by atoms with Crippen LogP contribution >= 0.6 is 43.2 Å². The fraction of sp³-hybridized carbons (Fsp3) is 0.447. The molecule has 3 aromatic carbocycles. The molecule has 0 aliphatic heterocycles. The number of carbonyl (C=O) groups excluding carboxylic acids is 5. The number of hydrogen-bond acceptors (Lipinski definition) is 15. The van der Waals surface area contributed by atoms with Gasteiger partial charge >= 0.3 is 11.9 Å². The molecule has 366 valence electrons. The topological polar surface area (TPSA) is 210 Å². The number of methoxy groups -OCH3 is 1. The maximum Gasteiger partial charge on any atom is 0.332 e. The Morgan fingerprint density at radius 3 is 1.73 bits per heavy atom. The summed E-state index contributed by atoms with van der Waals surface area (Å²) in [7, 11) is 14.2. The highest BCUT2D eigenvalue weighted by Crippen LogP contribution is 2.36. The highest BCUT2D eigenvalue weighted by molar-refractivity contribution is 8.77. The van der Waals surface area contributed by atoms with Crippen molar-refractivity contribution in [2.45, 2.75) is 68.2 Å². The van der Waals surface area contributed by atoms with E-state index < -0.39 is 24.0 Å². The monoisotopic (exact) mass is 1000 g/mol. The van der Waals surface area contributed by atoms with Gasteiger partial charge in [0, 0.05) is 70.4 Å². The van der Waals surface area contributed by atoms with E-state index in [1.807, 2.05) is 48.5 Å². The lowest BCUT2D eigenvalue weighted by atomic mass is 10.1. The van der Waals surface area contributed by atoms with Crippen molar-refractivity contribution >= 4 is 84.8 Å². The zero-order valence-electron chi connectivity index (χ0n) is 39.0. The summed E-state index contributed by atoms with van der Waals surface area (Å²) in [6, 6.07) is 18.5. The third kappa shape index (κ3) is 21.5. The molecule has 1 aliphatic carbocycles. The molecule has 0 bridgehead atoms. The number of carboxylic acids is 1. The van der Waals surface area contributed by atoms with Gasteiger partial charge in [-0.2, -0.15) is 0 Å². The Labute approximate surface area is 408 Å². The zero-order chi connectivity index (χ0) is 49.3. The maximum atomic E-state index is 12.4. The summed E-state index contributed by atoms with van der Waals surface area (Å²) in [5.41, 5.74) is 7.23. The van der Waals surface area contributed by atoms with E-state index in [0.29, 0.717) is 37.6 Å². The van der Waals surface area contributed by atoms with Crippen molar-refractivity contribution in [1.82, 2.24) is 20.4 Å². The minimum absolute atomic E-state index is 0.0834. The fourth-order valence-electron chi connectivity index (χ4n) is 6.31. The molecular weight excluding hydrogens is 941 g/mol. The number of hydrogen-bond donors (Lipinski definition) is 4. The van der Waals surface area contributed by atoms with E-state index >= 15 is 0 Å². The van der Waals surface area contributed by atoms with Crippen molar-refractivity contribution in [2.75, 3.05) is 79.8 Å². The maximum absolute atomic E-state index is 12.4. The van der Waals surface area contributed by atoms with E-state index in [4.69, 9.17) is 24.1 Å². The van der Waals surface area contributed by atoms with Crippen LogP contribution in [-0.4, -0.2) is 148 Å². The molecule has 16 nitrogen and oxygen atoms in total. The molecule has 0 spiro atoms.